The fraction of sp³-hybridized carbons (Fsp3) is 0.526. The van der Waals surface area contributed by atoms with E-state index in [2.05, 4.69) is 0 Å². The second-order valence-electron chi connectivity index (χ2n) is 7.07. The number of carboxylic acids is 1. The smallest absolute Gasteiger partial charge is 0.326 e. The maximum atomic E-state index is 13.8. The van der Waals surface area contributed by atoms with Crippen molar-refractivity contribution in [1.82, 2.24) is 9.80 Å². The summed E-state index contributed by atoms with van der Waals surface area (Å²) in [6, 6.07) is 2.05. The number of carbonyl (C=O) groups is 3. The van der Waals surface area contributed by atoms with Gasteiger partial charge in [0.15, 0.2) is 0 Å². The first-order valence-corrected chi connectivity index (χ1v) is 9.16. The van der Waals surface area contributed by atoms with E-state index in [1.165, 1.54) is 9.80 Å². The first-order chi connectivity index (χ1) is 12.9. The van der Waals surface area contributed by atoms with Crippen LogP contribution in [0.1, 0.15) is 42.5 Å². The second-order valence-corrected chi connectivity index (χ2v) is 7.07. The number of hydrogen-bond donors (Lipinski definition) is 1. The number of carbonyl (C=O) groups excluding carboxylic acids is 2. The van der Waals surface area contributed by atoms with Crippen molar-refractivity contribution in [2.24, 2.45) is 5.92 Å². The SMILES string of the molecule is O=C(O)C1CCCCN1C(=O)C1CCN(C(=O)c2ccc(F)cc2F)CC1. The summed E-state index contributed by atoms with van der Waals surface area (Å²) in [5, 5.41) is 9.33. The fourth-order valence-corrected chi connectivity index (χ4v) is 3.85. The number of halogens is 2. The van der Waals surface area contributed by atoms with Gasteiger partial charge in [0.05, 0.1) is 5.56 Å². The van der Waals surface area contributed by atoms with E-state index < -0.39 is 29.6 Å². The van der Waals surface area contributed by atoms with E-state index in [0.717, 1.165) is 25.0 Å². The van der Waals surface area contributed by atoms with Crippen molar-refractivity contribution < 1.29 is 28.3 Å². The van der Waals surface area contributed by atoms with Gasteiger partial charge in [0.25, 0.3) is 5.91 Å². The summed E-state index contributed by atoms with van der Waals surface area (Å²) in [5.74, 6) is -3.69. The van der Waals surface area contributed by atoms with E-state index in [1.807, 2.05) is 0 Å². The predicted molar refractivity (Wildman–Crippen MR) is 92.0 cm³/mol. The molecule has 1 aromatic carbocycles. The van der Waals surface area contributed by atoms with Crippen LogP contribution in [0.5, 0.6) is 0 Å². The minimum absolute atomic E-state index is 0.179. The van der Waals surface area contributed by atoms with E-state index in [9.17, 15) is 28.3 Å². The molecule has 0 aromatic heterocycles. The Morgan fingerprint density at radius 3 is 2.33 bits per heavy atom. The zero-order chi connectivity index (χ0) is 19.6. The summed E-state index contributed by atoms with van der Waals surface area (Å²) in [4.78, 5) is 39.5. The number of rotatable bonds is 3. The van der Waals surface area contributed by atoms with Gasteiger partial charge in [-0.15, -0.1) is 0 Å². The lowest BCUT2D eigenvalue weighted by Gasteiger charge is -2.38. The molecule has 0 radical (unpaired) electrons. The predicted octanol–water partition coefficient (Wildman–Crippen LogP) is 2.28. The van der Waals surface area contributed by atoms with Crippen LogP contribution in [0.25, 0.3) is 0 Å². The van der Waals surface area contributed by atoms with Crippen molar-refractivity contribution in [2.75, 3.05) is 19.6 Å². The summed E-state index contributed by atoms with van der Waals surface area (Å²) in [5.41, 5.74) is -0.192. The third-order valence-electron chi connectivity index (χ3n) is 5.36. The molecule has 0 bridgehead atoms. The van der Waals surface area contributed by atoms with E-state index in [4.69, 9.17) is 0 Å². The molecule has 27 heavy (non-hydrogen) atoms. The maximum absolute atomic E-state index is 13.8. The van der Waals surface area contributed by atoms with Crippen LogP contribution in [0.3, 0.4) is 0 Å². The minimum Gasteiger partial charge on any atom is -0.480 e. The molecule has 2 amide bonds. The molecule has 6 nitrogen and oxygen atoms in total. The van der Waals surface area contributed by atoms with Crippen LogP contribution in [0.15, 0.2) is 18.2 Å². The molecule has 1 aromatic rings. The molecule has 146 valence electrons. The first-order valence-electron chi connectivity index (χ1n) is 9.16. The van der Waals surface area contributed by atoms with Crippen LogP contribution in [-0.2, 0) is 9.59 Å². The van der Waals surface area contributed by atoms with Gasteiger partial charge in [0, 0.05) is 31.6 Å². The molecule has 0 saturated carbocycles. The molecule has 2 aliphatic heterocycles. The number of amides is 2. The summed E-state index contributed by atoms with van der Waals surface area (Å²) in [7, 11) is 0. The van der Waals surface area contributed by atoms with Crippen molar-refractivity contribution in [1.29, 1.82) is 0 Å². The fourth-order valence-electron chi connectivity index (χ4n) is 3.85. The molecule has 1 unspecified atom stereocenters. The number of nitrogens with zero attached hydrogens (tertiary/aromatic N) is 2. The van der Waals surface area contributed by atoms with Gasteiger partial charge >= 0.3 is 5.97 Å². The van der Waals surface area contributed by atoms with Crippen LogP contribution in [0, 0.1) is 17.6 Å². The van der Waals surface area contributed by atoms with Crippen LogP contribution in [0.2, 0.25) is 0 Å². The lowest BCUT2D eigenvalue weighted by atomic mass is 9.92. The van der Waals surface area contributed by atoms with Gasteiger partial charge in [0.1, 0.15) is 17.7 Å². The lowest BCUT2D eigenvalue weighted by molar-refractivity contribution is -0.154. The molecule has 2 fully saturated rings. The van der Waals surface area contributed by atoms with Gasteiger partial charge in [-0.25, -0.2) is 13.6 Å². The van der Waals surface area contributed by atoms with Crippen molar-refractivity contribution in [3.63, 3.8) is 0 Å². The van der Waals surface area contributed by atoms with Crippen LogP contribution in [0.4, 0.5) is 8.78 Å². The molecule has 2 heterocycles. The molecule has 2 saturated heterocycles. The zero-order valence-electron chi connectivity index (χ0n) is 14.9. The molecule has 1 N–H and O–H groups in total. The Hall–Kier alpha value is -2.51. The van der Waals surface area contributed by atoms with Gasteiger partial charge < -0.3 is 14.9 Å². The number of aliphatic carboxylic acids is 1. The molecular formula is C19H22F2N2O4. The lowest BCUT2D eigenvalue weighted by Crippen LogP contribution is -2.52. The average Bonchev–Trinajstić information content (AvgIpc) is 2.67. The van der Waals surface area contributed by atoms with Gasteiger partial charge in [-0.1, -0.05) is 0 Å². The molecule has 2 aliphatic rings. The van der Waals surface area contributed by atoms with E-state index in [1.54, 1.807) is 0 Å². The summed E-state index contributed by atoms with van der Waals surface area (Å²) < 4.78 is 26.8. The van der Waals surface area contributed by atoms with Crippen LogP contribution in [-0.4, -0.2) is 58.4 Å². The highest BCUT2D eigenvalue weighted by Crippen LogP contribution is 2.26. The highest BCUT2D eigenvalue weighted by atomic mass is 19.1. The van der Waals surface area contributed by atoms with Crippen LogP contribution < -0.4 is 0 Å². The van der Waals surface area contributed by atoms with Crippen LogP contribution >= 0.6 is 0 Å². The number of likely N-dealkylation sites (tertiary alicyclic amines) is 2. The summed E-state index contributed by atoms with van der Waals surface area (Å²) in [6.07, 6.45) is 2.84. The van der Waals surface area contributed by atoms with Crippen molar-refractivity contribution in [3.05, 3.63) is 35.4 Å². The van der Waals surface area contributed by atoms with E-state index >= 15 is 0 Å². The Morgan fingerprint density at radius 2 is 1.70 bits per heavy atom. The molecular weight excluding hydrogens is 358 g/mol. The summed E-state index contributed by atoms with van der Waals surface area (Å²) >= 11 is 0. The summed E-state index contributed by atoms with van der Waals surface area (Å²) in [6.45, 7) is 0.991. The number of piperidine rings is 2. The van der Waals surface area contributed by atoms with Crippen molar-refractivity contribution >= 4 is 17.8 Å². The topological polar surface area (TPSA) is 77.9 Å². The van der Waals surface area contributed by atoms with Crippen molar-refractivity contribution in [2.45, 2.75) is 38.1 Å². The molecule has 8 heteroatoms. The first kappa shape index (κ1) is 19.3. The van der Waals surface area contributed by atoms with E-state index in [0.29, 0.717) is 31.9 Å². The Labute approximate surface area is 155 Å². The van der Waals surface area contributed by atoms with Gasteiger partial charge in [-0.2, -0.15) is 0 Å². The highest BCUT2D eigenvalue weighted by Gasteiger charge is 2.37. The van der Waals surface area contributed by atoms with Gasteiger partial charge in [-0.05, 0) is 44.2 Å². The van der Waals surface area contributed by atoms with Crippen molar-refractivity contribution in [3.8, 4) is 0 Å². The number of benzene rings is 1. The minimum atomic E-state index is -0.984. The maximum Gasteiger partial charge on any atom is 0.326 e. The monoisotopic (exact) mass is 380 g/mol. The third kappa shape index (κ3) is 4.09. The average molecular weight is 380 g/mol. The largest absolute Gasteiger partial charge is 0.480 e. The molecule has 0 spiro atoms. The van der Waals surface area contributed by atoms with Gasteiger partial charge in [-0.3, -0.25) is 9.59 Å². The van der Waals surface area contributed by atoms with Gasteiger partial charge in [0.2, 0.25) is 5.91 Å². The molecule has 0 aliphatic carbocycles. The third-order valence-corrected chi connectivity index (χ3v) is 5.36. The Kier molecular flexibility index (Phi) is 5.72. The number of carboxylic acid groups (broad SMARTS) is 1. The second kappa shape index (κ2) is 8.02. The zero-order valence-corrected chi connectivity index (χ0v) is 14.9. The number of hydrogen-bond acceptors (Lipinski definition) is 3. The Morgan fingerprint density at radius 1 is 1.00 bits per heavy atom. The van der Waals surface area contributed by atoms with E-state index in [-0.39, 0.29) is 30.5 Å². The quantitative estimate of drug-likeness (QED) is 0.873. The molecule has 3 rings (SSSR count). The Balaban J connectivity index is 1.62. The standard InChI is InChI=1S/C19H22F2N2O4/c20-13-4-5-14(15(21)11-13)18(25)22-9-6-12(7-10-22)17(24)23-8-2-1-3-16(23)19(26)27/h4-5,11-12,16H,1-3,6-10H2,(H,26,27). The highest BCUT2D eigenvalue weighted by molar-refractivity contribution is 5.94. The normalized spacial score (nSPS) is 21.2. The molecule has 1 atom stereocenters. The Bertz CT molecular complexity index is 747.